The van der Waals surface area contributed by atoms with Crippen molar-refractivity contribution in [3.05, 3.63) is 85.1 Å². The maximum absolute atomic E-state index is 12.9. The third kappa shape index (κ3) is 53.5. The van der Waals surface area contributed by atoms with E-state index in [2.05, 4.69) is 106 Å². The first-order valence-corrected chi connectivity index (χ1v) is 28.6. The summed E-state index contributed by atoms with van der Waals surface area (Å²) in [5.74, 6) is -0.902. The largest absolute Gasteiger partial charge is 0.462 e. The highest BCUT2D eigenvalue weighted by Crippen LogP contribution is 2.16. The van der Waals surface area contributed by atoms with Crippen LogP contribution in [0.4, 0.5) is 0 Å². The smallest absolute Gasteiger partial charge is 0.306 e. The van der Waals surface area contributed by atoms with Crippen molar-refractivity contribution in [1.29, 1.82) is 0 Å². The summed E-state index contributed by atoms with van der Waals surface area (Å²) >= 11 is 0. The van der Waals surface area contributed by atoms with Gasteiger partial charge in [0.15, 0.2) is 6.10 Å². The number of hydrogen-bond acceptors (Lipinski definition) is 6. The lowest BCUT2D eigenvalue weighted by molar-refractivity contribution is -0.167. The summed E-state index contributed by atoms with van der Waals surface area (Å²) in [5.41, 5.74) is 0. The van der Waals surface area contributed by atoms with E-state index in [1.807, 2.05) is 0 Å². The van der Waals surface area contributed by atoms with E-state index in [9.17, 15) is 14.4 Å². The molecule has 68 heavy (non-hydrogen) atoms. The molecule has 390 valence electrons. The lowest BCUT2D eigenvalue weighted by Gasteiger charge is -2.18. The first-order chi connectivity index (χ1) is 33.5. The minimum atomic E-state index is -0.787. The quantitative estimate of drug-likeness (QED) is 0.0199. The van der Waals surface area contributed by atoms with E-state index in [1.165, 1.54) is 128 Å². The maximum Gasteiger partial charge on any atom is 0.306 e. The third-order valence-corrected chi connectivity index (χ3v) is 12.2. The second kappa shape index (κ2) is 56.2. The van der Waals surface area contributed by atoms with Crippen molar-refractivity contribution >= 4 is 17.9 Å². The van der Waals surface area contributed by atoms with Gasteiger partial charge in [-0.15, -0.1) is 0 Å². The Morgan fingerprint density at radius 1 is 0.324 bits per heavy atom. The molecule has 0 spiro atoms. The molecule has 1 unspecified atom stereocenters. The molecular weight excluding hydrogens is 841 g/mol. The Hall–Kier alpha value is -3.41. The van der Waals surface area contributed by atoms with Crippen molar-refractivity contribution < 1.29 is 28.6 Å². The fourth-order valence-corrected chi connectivity index (χ4v) is 7.96. The molecule has 0 aliphatic carbocycles. The molecule has 0 heterocycles. The van der Waals surface area contributed by atoms with Crippen LogP contribution >= 0.6 is 0 Å². The average molecular weight is 948 g/mol. The van der Waals surface area contributed by atoms with Crippen LogP contribution in [0.3, 0.4) is 0 Å². The topological polar surface area (TPSA) is 78.9 Å². The molecule has 0 rings (SSSR count). The highest BCUT2D eigenvalue weighted by atomic mass is 16.6. The zero-order chi connectivity index (χ0) is 49.3. The molecular formula is C62H106O6. The lowest BCUT2D eigenvalue weighted by Crippen LogP contribution is -2.30. The summed E-state index contributed by atoms with van der Waals surface area (Å²) in [6.45, 7) is 6.40. The van der Waals surface area contributed by atoms with Gasteiger partial charge in [-0.05, 0) is 77.0 Å². The number of rotatable bonds is 51. The van der Waals surface area contributed by atoms with Crippen LogP contribution < -0.4 is 0 Å². The number of allylic oxidation sites excluding steroid dienone is 14. The SMILES string of the molecule is CC\C=C/C=C\C=C/CCCCCCCCCC(=O)OCC(COC(=O)CCCCCCCC/C=C\C/C=C\C/C=C\C/C=C\CC)OC(=O)CCCCCCCCCCCCCCCCCC. The van der Waals surface area contributed by atoms with Gasteiger partial charge in [0.05, 0.1) is 0 Å². The van der Waals surface area contributed by atoms with Crippen molar-refractivity contribution in [2.24, 2.45) is 0 Å². The summed E-state index contributed by atoms with van der Waals surface area (Å²) in [4.78, 5) is 38.2. The Kier molecular flexibility index (Phi) is 53.4. The summed E-state index contributed by atoms with van der Waals surface area (Å²) in [6.07, 6.45) is 72.8. The molecule has 0 aliphatic rings. The minimum Gasteiger partial charge on any atom is -0.462 e. The van der Waals surface area contributed by atoms with E-state index >= 15 is 0 Å². The first kappa shape index (κ1) is 64.6. The molecule has 0 aliphatic heterocycles. The van der Waals surface area contributed by atoms with Gasteiger partial charge in [0.2, 0.25) is 0 Å². The zero-order valence-electron chi connectivity index (χ0n) is 44.6. The average Bonchev–Trinajstić information content (AvgIpc) is 3.34. The summed E-state index contributed by atoms with van der Waals surface area (Å²) in [7, 11) is 0. The molecule has 0 aromatic rings. The second-order valence-electron chi connectivity index (χ2n) is 18.9. The molecule has 1 atom stereocenters. The molecule has 0 fully saturated rings. The standard InChI is InChI=1S/C62H106O6/c1-4-7-10-13-16-19-22-25-28-30-31-32-35-37-40-43-46-49-52-55-61(64)67-58-59(57-66-60(63)54-51-48-45-42-39-36-33-27-24-21-18-15-12-9-6-3)68-62(65)56-53-50-47-44-41-38-34-29-26-23-20-17-14-11-8-5-2/h7,9-10,12,15-16,18-19,21,24-25,28,31-32,59H,4-6,8,11,13-14,17,20,22-23,26-27,29-30,33-58H2,1-3H3/b10-7-,12-9-,18-15-,19-16-,24-21-,28-25-,32-31-. The molecule has 0 N–H and O–H groups in total. The van der Waals surface area contributed by atoms with Crippen LogP contribution in [0, 0.1) is 0 Å². The predicted molar refractivity (Wildman–Crippen MR) is 293 cm³/mol. The van der Waals surface area contributed by atoms with Crippen molar-refractivity contribution in [1.82, 2.24) is 0 Å². The third-order valence-electron chi connectivity index (χ3n) is 12.2. The van der Waals surface area contributed by atoms with Crippen molar-refractivity contribution in [3.63, 3.8) is 0 Å². The Morgan fingerprint density at radius 3 is 1.06 bits per heavy atom. The maximum atomic E-state index is 12.9. The molecule has 6 nitrogen and oxygen atoms in total. The summed E-state index contributed by atoms with van der Waals surface area (Å²) in [6, 6.07) is 0. The van der Waals surface area contributed by atoms with Gasteiger partial charge in [-0.2, -0.15) is 0 Å². The number of esters is 3. The molecule has 6 heteroatoms. The van der Waals surface area contributed by atoms with Crippen molar-refractivity contribution in [3.8, 4) is 0 Å². The summed E-state index contributed by atoms with van der Waals surface area (Å²) < 4.78 is 16.9. The molecule has 0 amide bonds. The monoisotopic (exact) mass is 947 g/mol. The normalized spacial score (nSPS) is 12.7. The lowest BCUT2D eigenvalue weighted by atomic mass is 10.0. The van der Waals surface area contributed by atoms with Gasteiger partial charge in [0.25, 0.3) is 0 Å². The van der Waals surface area contributed by atoms with Crippen LogP contribution in [-0.4, -0.2) is 37.2 Å². The number of carbonyl (C=O) groups excluding carboxylic acids is 3. The first-order valence-electron chi connectivity index (χ1n) is 28.6. The highest BCUT2D eigenvalue weighted by Gasteiger charge is 2.19. The molecule has 0 aromatic carbocycles. The van der Waals surface area contributed by atoms with Crippen LogP contribution in [-0.2, 0) is 28.6 Å². The molecule has 0 aromatic heterocycles. The van der Waals surface area contributed by atoms with E-state index in [0.717, 1.165) is 103 Å². The number of carbonyl (C=O) groups is 3. The second-order valence-corrected chi connectivity index (χ2v) is 18.9. The number of ether oxygens (including phenoxy) is 3. The van der Waals surface area contributed by atoms with E-state index < -0.39 is 6.10 Å². The Balaban J connectivity index is 4.41. The molecule has 0 saturated heterocycles. The Labute approximate surface area is 420 Å². The van der Waals surface area contributed by atoms with Crippen LogP contribution in [0.15, 0.2) is 85.1 Å². The minimum absolute atomic E-state index is 0.0859. The van der Waals surface area contributed by atoms with Crippen molar-refractivity contribution in [2.75, 3.05) is 13.2 Å². The van der Waals surface area contributed by atoms with E-state index in [4.69, 9.17) is 14.2 Å². The van der Waals surface area contributed by atoms with E-state index in [1.54, 1.807) is 0 Å². The van der Waals surface area contributed by atoms with Gasteiger partial charge < -0.3 is 14.2 Å². The highest BCUT2D eigenvalue weighted by molar-refractivity contribution is 5.71. The number of hydrogen-bond donors (Lipinski definition) is 0. The summed E-state index contributed by atoms with van der Waals surface area (Å²) in [5, 5.41) is 0. The van der Waals surface area contributed by atoms with Gasteiger partial charge in [-0.25, -0.2) is 0 Å². The van der Waals surface area contributed by atoms with Crippen LogP contribution in [0.2, 0.25) is 0 Å². The van der Waals surface area contributed by atoms with Crippen LogP contribution in [0.25, 0.3) is 0 Å². The van der Waals surface area contributed by atoms with E-state index in [-0.39, 0.29) is 31.1 Å². The van der Waals surface area contributed by atoms with Gasteiger partial charge in [-0.3, -0.25) is 14.4 Å². The number of unbranched alkanes of at least 4 members (excludes halogenated alkanes) is 28. The van der Waals surface area contributed by atoms with Crippen molar-refractivity contribution in [2.45, 2.75) is 277 Å². The van der Waals surface area contributed by atoms with Gasteiger partial charge in [0, 0.05) is 19.3 Å². The Morgan fingerprint density at radius 2 is 0.647 bits per heavy atom. The fraction of sp³-hybridized carbons (Fsp3) is 0.726. The zero-order valence-corrected chi connectivity index (χ0v) is 44.6. The molecule has 0 bridgehead atoms. The van der Waals surface area contributed by atoms with E-state index in [0.29, 0.717) is 19.3 Å². The van der Waals surface area contributed by atoms with Crippen LogP contribution in [0.1, 0.15) is 271 Å². The van der Waals surface area contributed by atoms with Gasteiger partial charge in [0.1, 0.15) is 13.2 Å². The van der Waals surface area contributed by atoms with Crippen LogP contribution in [0.5, 0.6) is 0 Å². The molecule has 0 radical (unpaired) electrons. The molecule has 0 saturated carbocycles. The predicted octanol–water partition coefficient (Wildman–Crippen LogP) is 19.2. The Bertz CT molecular complexity index is 1320. The van der Waals surface area contributed by atoms with Gasteiger partial charge >= 0.3 is 17.9 Å². The van der Waals surface area contributed by atoms with Gasteiger partial charge in [-0.1, -0.05) is 260 Å². The fourth-order valence-electron chi connectivity index (χ4n) is 7.96.